The van der Waals surface area contributed by atoms with Crippen LogP contribution in [-0.2, 0) is 16.0 Å². The maximum atomic E-state index is 12.8. The molecular formula is C20H26N4O3. The Morgan fingerprint density at radius 2 is 2.00 bits per heavy atom. The van der Waals surface area contributed by atoms with Gasteiger partial charge in [0.2, 0.25) is 5.91 Å². The molecule has 1 unspecified atom stereocenters. The highest BCUT2D eigenvalue weighted by atomic mass is 16.2. The Bertz CT molecular complexity index is 785. The fraction of sp³-hybridized carbons (Fsp3) is 0.550. The second-order valence-electron chi connectivity index (χ2n) is 7.93. The maximum Gasteiger partial charge on any atom is 0.325 e. The molecule has 144 valence electrons. The van der Waals surface area contributed by atoms with Crippen molar-refractivity contribution in [2.75, 3.05) is 12.3 Å². The van der Waals surface area contributed by atoms with Gasteiger partial charge in [0.05, 0.1) is 6.04 Å². The van der Waals surface area contributed by atoms with Gasteiger partial charge in [0.1, 0.15) is 12.1 Å². The average molecular weight is 370 g/mol. The van der Waals surface area contributed by atoms with Crippen LogP contribution in [0.2, 0.25) is 0 Å². The molecule has 27 heavy (non-hydrogen) atoms. The molecule has 4 rings (SSSR count). The molecule has 1 aromatic rings. The monoisotopic (exact) mass is 370 g/mol. The zero-order valence-corrected chi connectivity index (χ0v) is 15.4. The van der Waals surface area contributed by atoms with Crippen molar-refractivity contribution in [1.29, 1.82) is 0 Å². The number of hydrogen-bond acceptors (Lipinski definition) is 4. The van der Waals surface area contributed by atoms with Crippen molar-refractivity contribution in [1.82, 2.24) is 15.5 Å². The quantitative estimate of drug-likeness (QED) is 0.559. The summed E-state index contributed by atoms with van der Waals surface area (Å²) in [6.45, 7) is -0.229. The molecule has 1 saturated carbocycles. The Hall–Kier alpha value is -2.57. The molecule has 0 bridgehead atoms. The number of carbonyl (C=O) groups excluding carboxylic acids is 3. The number of nitrogens with two attached hydrogens (primary N) is 1. The molecule has 1 aliphatic heterocycles. The molecule has 1 aromatic carbocycles. The summed E-state index contributed by atoms with van der Waals surface area (Å²) in [5.74, 6) is -0.555. The predicted molar refractivity (Wildman–Crippen MR) is 101 cm³/mol. The van der Waals surface area contributed by atoms with Crippen LogP contribution in [0.25, 0.3) is 0 Å². The minimum atomic E-state index is -0.787. The smallest absolute Gasteiger partial charge is 0.325 e. The van der Waals surface area contributed by atoms with Gasteiger partial charge in [-0.15, -0.1) is 0 Å². The highest BCUT2D eigenvalue weighted by Crippen LogP contribution is 2.34. The van der Waals surface area contributed by atoms with E-state index >= 15 is 0 Å². The van der Waals surface area contributed by atoms with Crippen LogP contribution in [0.5, 0.6) is 0 Å². The number of rotatable bonds is 3. The van der Waals surface area contributed by atoms with E-state index < -0.39 is 11.6 Å². The average Bonchev–Trinajstić information content (AvgIpc) is 2.86. The predicted octanol–water partition coefficient (Wildman–Crippen LogP) is 2.02. The summed E-state index contributed by atoms with van der Waals surface area (Å²) in [4.78, 5) is 38.8. The van der Waals surface area contributed by atoms with Gasteiger partial charge in [-0.1, -0.05) is 25.3 Å². The number of carbonyl (C=O) groups is 3. The van der Waals surface area contributed by atoms with E-state index in [0.29, 0.717) is 12.8 Å². The SMILES string of the molecule is Nc1ccc2c(c1)CCCC2NC(=O)CN1C(=O)NC2(CCCCC2)C1=O. The number of hydrogen-bond donors (Lipinski definition) is 3. The van der Waals surface area contributed by atoms with Gasteiger partial charge in [-0.25, -0.2) is 4.79 Å². The van der Waals surface area contributed by atoms with E-state index in [2.05, 4.69) is 10.6 Å². The number of fused-ring (bicyclic) bond motifs is 1. The summed E-state index contributed by atoms with van der Waals surface area (Å²) in [6.07, 6.45) is 7.00. The third-order valence-electron chi connectivity index (χ3n) is 6.07. The van der Waals surface area contributed by atoms with E-state index in [1.165, 1.54) is 0 Å². The number of nitrogen functional groups attached to an aromatic ring is 1. The lowest BCUT2D eigenvalue weighted by Gasteiger charge is -2.30. The Kier molecular flexibility index (Phi) is 4.53. The van der Waals surface area contributed by atoms with Gasteiger partial charge in [-0.05, 0) is 55.4 Å². The van der Waals surface area contributed by atoms with E-state index in [1.54, 1.807) is 0 Å². The zero-order chi connectivity index (χ0) is 19.0. The first-order valence-corrected chi connectivity index (χ1v) is 9.80. The normalized spacial score (nSPS) is 23.9. The highest BCUT2D eigenvalue weighted by molar-refractivity contribution is 6.09. The molecule has 7 nitrogen and oxygen atoms in total. The largest absolute Gasteiger partial charge is 0.399 e. The zero-order valence-electron chi connectivity index (χ0n) is 15.4. The van der Waals surface area contributed by atoms with Crippen LogP contribution in [0.15, 0.2) is 18.2 Å². The molecule has 2 aliphatic carbocycles. The van der Waals surface area contributed by atoms with Crippen molar-refractivity contribution >= 4 is 23.5 Å². The molecule has 2 fully saturated rings. The summed E-state index contributed by atoms with van der Waals surface area (Å²) >= 11 is 0. The summed E-state index contributed by atoms with van der Waals surface area (Å²) in [5.41, 5.74) is 8.02. The van der Waals surface area contributed by atoms with Crippen LogP contribution in [-0.4, -0.2) is 34.8 Å². The van der Waals surface area contributed by atoms with E-state index in [-0.39, 0.29) is 24.4 Å². The molecule has 4 amide bonds. The van der Waals surface area contributed by atoms with Crippen LogP contribution >= 0.6 is 0 Å². The first-order valence-electron chi connectivity index (χ1n) is 9.80. The van der Waals surface area contributed by atoms with E-state index in [9.17, 15) is 14.4 Å². The number of urea groups is 1. The number of anilines is 1. The summed E-state index contributed by atoms with van der Waals surface area (Å²) in [5, 5.41) is 5.84. The molecule has 4 N–H and O–H groups in total. The Balaban J connectivity index is 1.43. The molecule has 3 aliphatic rings. The molecule has 0 radical (unpaired) electrons. The molecule has 1 heterocycles. The van der Waals surface area contributed by atoms with Crippen molar-refractivity contribution in [3.05, 3.63) is 29.3 Å². The second-order valence-corrected chi connectivity index (χ2v) is 7.93. The van der Waals surface area contributed by atoms with Gasteiger partial charge in [-0.3, -0.25) is 14.5 Å². The number of nitrogens with zero attached hydrogens (tertiary/aromatic N) is 1. The van der Waals surface area contributed by atoms with Gasteiger partial charge in [0.15, 0.2) is 0 Å². The number of nitrogens with one attached hydrogen (secondary N) is 2. The first kappa shape index (κ1) is 17.8. The van der Waals surface area contributed by atoms with Crippen LogP contribution in [0, 0.1) is 0 Å². The third kappa shape index (κ3) is 3.26. The second kappa shape index (κ2) is 6.87. The molecule has 7 heteroatoms. The maximum absolute atomic E-state index is 12.8. The first-order chi connectivity index (χ1) is 13.0. The summed E-state index contributed by atoms with van der Waals surface area (Å²) < 4.78 is 0. The van der Waals surface area contributed by atoms with E-state index in [4.69, 9.17) is 5.73 Å². The van der Waals surface area contributed by atoms with E-state index in [0.717, 1.165) is 60.2 Å². The summed E-state index contributed by atoms with van der Waals surface area (Å²) in [6, 6.07) is 5.20. The van der Waals surface area contributed by atoms with Crippen molar-refractivity contribution in [2.24, 2.45) is 0 Å². The number of aryl methyl sites for hydroxylation is 1. The number of amides is 4. The van der Waals surface area contributed by atoms with Gasteiger partial charge in [0, 0.05) is 5.69 Å². The van der Waals surface area contributed by atoms with Crippen LogP contribution in [0.3, 0.4) is 0 Å². The molecule has 0 aromatic heterocycles. The third-order valence-corrected chi connectivity index (χ3v) is 6.07. The van der Waals surface area contributed by atoms with Crippen LogP contribution in [0.4, 0.5) is 10.5 Å². The molecular weight excluding hydrogens is 344 g/mol. The molecule has 1 atom stereocenters. The summed E-state index contributed by atoms with van der Waals surface area (Å²) in [7, 11) is 0. The van der Waals surface area contributed by atoms with E-state index in [1.807, 2.05) is 18.2 Å². The fourth-order valence-electron chi connectivity index (χ4n) is 4.68. The van der Waals surface area contributed by atoms with Gasteiger partial charge >= 0.3 is 6.03 Å². The lowest BCUT2D eigenvalue weighted by Crippen LogP contribution is -2.49. The Morgan fingerprint density at radius 3 is 2.78 bits per heavy atom. The van der Waals surface area contributed by atoms with Crippen LogP contribution < -0.4 is 16.4 Å². The Labute approximate surface area is 158 Å². The highest BCUT2D eigenvalue weighted by Gasteiger charge is 2.51. The van der Waals surface area contributed by atoms with Crippen molar-refractivity contribution < 1.29 is 14.4 Å². The molecule has 1 spiro atoms. The number of imide groups is 1. The topological polar surface area (TPSA) is 105 Å². The van der Waals surface area contributed by atoms with Gasteiger partial charge in [0.25, 0.3) is 5.91 Å². The number of benzene rings is 1. The van der Waals surface area contributed by atoms with Crippen molar-refractivity contribution in [3.8, 4) is 0 Å². The van der Waals surface area contributed by atoms with Gasteiger partial charge in [-0.2, -0.15) is 0 Å². The lowest BCUT2D eigenvalue weighted by atomic mass is 9.82. The minimum Gasteiger partial charge on any atom is -0.399 e. The van der Waals surface area contributed by atoms with Crippen molar-refractivity contribution in [3.63, 3.8) is 0 Å². The lowest BCUT2D eigenvalue weighted by molar-refractivity contribution is -0.136. The minimum absolute atomic E-state index is 0.105. The molecule has 1 saturated heterocycles. The Morgan fingerprint density at radius 1 is 1.22 bits per heavy atom. The van der Waals surface area contributed by atoms with Crippen LogP contribution in [0.1, 0.15) is 62.1 Å². The fourth-order valence-corrected chi connectivity index (χ4v) is 4.68. The van der Waals surface area contributed by atoms with Gasteiger partial charge < -0.3 is 16.4 Å². The standard InChI is InChI=1S/C20H26N4O3/c21-14-7-8-15-13(11-14)5-4-6-16(15)22-17(25)12-24-18(26)20(23-19(24)27)9-2-1-3-10-20/h7-8,11,16H,1-6,9-10,12,21H2,(H,22,25)(H,23,27). The van der Waals surface area contributed by atoms with Crippen molar-refractivity contribution in [2.45, 2.75) is 62.9 Å².